The van der Waals surface area contributed by atoms with E-state index in [0.29, 0.717) is 0 Å². The van der Waals surface area contributed by atoms with E-state index >= 15 is 0 Å². The van der Waals surface area contributed by atoms with Crippen molar-refractivity contribution in [2.45, 2.75) is 5.41 Å². The maximum absolute atomic E-state index is 7.47. The summed E-state index contributed by atoms with van der Waals surface area (Å²) in [7, 11) is 0. The molecule has 19 aromatic rings. The summed E-state index contributed by atoms with van der Waals surface area (Å²) in [6.07, 6.45) is 7.98. The number of aromatic nitrogens is 8. The second-order valence-electron chi connectivity index (χ2n) is 24.3. The van der Waals surface area contributed by atoms with Crippen LogP contribution in [0.1, 0.15) is 22.3 Å². The molecular formula is C82H48N8O. The van der Waals surface area contributed by atoms with E-state index in [-0.39, 0.29) is 0 Å². The third-order valence-corrected chi connectivity index (χ3v) is 19.9. The first kappa shape index (κ1) is 48.7. The van der Waals surface area contributed by atoms with Crippen LogP contribution in [0.3, 0.4) is 0 Å². The first-order valence-corrected chi connectivity index (χ1v) is 31.0. The predicted octanol–water partition coefficient (Wildman–Crippen LogP) is 19.8. The van der Waals surface area contributed by atoms with Gasteiger partial charge in [0.1, 0.15) is 11.5 Å². The zero-order valence-corrected chi connectivity index (χ0v) is 48.7. The molecule has 0 radical (unpaired) electrons. The Morgan fingerprint density at radius 1 is 0.242 bits per heavy atom. The second kappa shape index (κ2) is 17.9. The van der Waals surface area contributed by atoms with E-state index in [4.69, 9.17) is 14.7 Å². The van der Waals surface area contributed by atoms with Gasteiger partial charge in [0.05, 0.1) is 102 Å². The highest BCUT2D eigenvalue weighted by Crippen LogP contribution is 2.63. The van der Waals surface area contributed by atoms with Gasteiger partial charge in [-0.15, -0.1) is 0 Å². The van der Waals surface area contributed by atoms with Crippen molar-refractivity contribution in [1.82, 2.24) is 37.8 Å². The van der Waals surface area contributed by atoms with Crippen molar-refractivity contribution < 1.29 is 4.74 Å². The smallest absolute Gasteiger partial charge is 0.132 e. The minimum Gasteiger partial charge on any atom is -0.457 e. The van der Waals surface area contributed by atoms with Crippen LogP contribution in [0.5, 0.6) is 11.5 Å². The molecule has 0 saturated heterocycles. The number of para-hydroxylation sites is 8. The average Bonchev–Trinajstić information content (AvgIpc) is 1.60. The van der Waals surface area contributed by atoms with E-state index in [1.165, 1.54) is 43.1 Å². The molecule has 0 atom stereocenters. The Labute approximate surface area is 519 Å². The molecule has 11 aromatic carbocycles. The van der Waals surface area contributed by atoms with Crippen molar-refractivity contribution in [2.24, 2.45) is 0 Å². The quantitative estimate of drug-likeness (QED) is 0.172. The molecule has 2 aliphatic rings. The van der Waals surface area contributed by atoms with Crippen LogP contribution in [0.25, 0.3) is 149 Å². The minimum absolute atomic E-state index is 0.757. The summed E-state index contributed by atoms with van der Waals surface area (Å²) in [6.45, 7) is 0. The lowest BCUT2D eigenvalue weighted by atomic mass is 9.66. The van der Waals surface area contributed by atoms with Gasteiger partial charge < -0.3 is 27.6 Å². The normalized spacial score (nSPS) is 13.2. The largest absolute Gasteiger partial charge is 0.457 e. The Bertz CT molecular complexity index is 6030. The van der Waals surface area contributed by atoms with Crippen molar-refractivity contribution in [3.8, 4) is 51.3 Å². The molecule has 9 heteroatoms. The van der Waals surface area contributed by atoms with Gasteiger partial charge in [0.2, 0.25) is 0 Å². The Balaban J connectivity index is 0.884. The summed E-state index contributed by atoms with van der Waals surface area (Å²) < 4.78 is 19.5. The third kappa shape index (κ3) is 6.40. The molecule has 8 aromatic heterocycles. The highest BCUT2D eigenvalue weighted by atomic mass is 16.5. The number of ether oxygens (including phenoxy) is 1. The fourth-order valence-corrected chi connectivity index (χ4v) is 16.2. The van der Waals surface area contributed by atoms with Crippen molar-refractivity contribution in [2.75, 3.05) is 0 Å². The number of hydrogen-bond acceptors (Lipinski definition) is 4. The molecule has 9 heterocycles. The molecule has 0 unspecified atom stereocenters. The lowest BCUT2D eigenvalue weighted by molar-refractivity contribution is 0.436. The molecule has 1 aliphatic carbocycles. The summed E-state index contributed by atoms with van der Waals surface area (Å²) in [5.74, 6) is 1.52. The van der Waals surface area contributed by atoms with E-state index in [1.807, 2.05) is 12.4 Å². The zero-order valence-electron chi connectivity index (χ0n) is 48.7. The molecule has 9 nitrogen and oxygen atoms in total. The lowest BCUT2D eigenvalue weighted by Crippen LogP contribution is -2.33. The van der Waals surface area contributed by atoms with Crippen LogP contribution in [0.15, 0.2) is 292 Å². The van der Waals surface area contributed by atoms with Gasteiger partial charge in [0.15, 0.2) is 0 Å². The summed E-state index contributed by atoms with van der Waals surface area (Å²) in [5.41, 5.74) is 20.6. The van der Waals surface area contributed by atoms with Crippen LogP contribution in [0.4, 0.5) is 0 Å². The van der Waals surface area contributed by atoms with Crippen molar-refractivity contribution in [3.05, 3.63) is 314 Å². The molecule has 0 bridgehead atoms. The second-order valence-corrected chi connectivity index (χ2v) is 24.3. The molecule has 0 N–H and O–H groups in total. The van der Waals surface area contributed by atoms with E-state index in [1.54, 1.807) is 0 Å². The predicted molar refractivity (Wildman–Crippen MR) is 369 cm³/mol. The zero-order chi connectivity index (χ0) is 59.2. The first-order chi connectivity index (χ1) is 45.2. The molecule has 1 spiro atoms. The molecule has 91 heavy (non-hydrogen) atoms. The van der Waals surface area contributed by atoms with Gasteiger partial charge in [0.25, 0.3) is 0 Å². The van der Waals surface area contributed by atoms with Gasteiger partial charge in [-0.05, 0) is 121 Å². The Kier molecular flexibility index (Phi) is 9.59. The van der Waals surface area contributed by atoms with Crippen LogP contribution in [-0.2, 0) is 5.41 Å². The monoisotopic (exact) mass is 1160 g/mol. The maximum atomic E-state index is 7.47. The minimum atomic E-state index is -1.08. The molecule has 0 fully saturated rings. The highest BCUT2D eigenvalue weighted by molar-refractivity contribution is 6.14. The summed E-state index contributed by atoms with van der Waals surface area (Å²) in [5, 5.41) is 11.8. The topological polar surface area (TPSA) is 72.6 Å². The Morgan fingerprint density at radius 2 is 0.538 bits per heavy atom. The molecule has 21 rings (SSSR count). The summed E-state index contributed by atoms with van der Waals surface area (Å²) in [4.78, 5) is 16.0. The van der Waals surface area contributed by atoms with Crippen molar-refractivity contribution >= 4 is 109 Å². The molecule has 1 aliphatic heterocycles. The lowest BCUT2D eigenvalue weighted by Gasteiger charge is -2.39. The van der Waals surface area contributed by atoms with Crippen LogP contribution in [-0.4, -0.2) is 37.8 Å². The number of benzene rings is 11. The number of pyridine rings is 3. The van der Waals surface area contributed by atoms with E-state index < -0.39 is 5.41 Å². The van der Waals surface area contributed by atoms with E-state index in [0.717, 1.165) is 140 Å². The highest BCUT2D eigenvalue weighted by Gasteiger charge is 2.54. The molecule has 0 saturated carbocycles. The van der Waals surface area contributed by atoms with Gasteiger partial charge in [-0.25, -0.2) is 0 Å². The van der Waals surface area contributed by atoms with Gasteiger partial charge in [-0.2, -0.15) is 0 Å². The number of rotatable bonds is 5. The molecule has 0 amide bonds. The van der Waals surface area contributed by atoms with Crippen LogP contribution in [0.2, 0.25) is 0 Å². The SMILES string of the molecule is c1ccc2c(c1)c1ccccc1n2-c1ccc2c(c1)C1(c3cc(-n4c5ccccc5c5cc(-n6c7ccccc7c7ccncc76)ccc54)ccc3O2)c2cc(-n3c4ccccc4c4ccccc43)cnc2-c2ncc(-n3c4ccccc4c4ccccc43)cc21. The van der Waals surface area contributed by atoms with Crippen molar-refractivity contribution in [1.29, 1.82) is 0 Å². The van der Waals surface area contributed by atoms with Crippen LogP contribution < -0.4 is 4.74 Å². The number of fused-ring (bicyclic) bond motifs is 24. The number of nitrogens with zero attached hydrogens (tertiary/aromatic N) is 8. The number of hydrogen-bond donors (Lipinski definition) is 0. The van der Waals surface area contributed by atoms with Crippen LogP contribution >= 0.6 is 0 Å². The van der Waals surface area contributed by atoms with E-state index in [2.05, 4.69) is 307 Å². The van der Waals surface area contributed by atoms with E-state index in [9.17, 15) is 0 Å². The fraction of sp³-hybridized carbons (Fsp3) is 0.0122. The van der Waals surface area contributed by atoms with Gasteiger partial charge in [0, 0.05) is 99.4 Å². The summed E-state index contributed by atoms with van der Waals surface area (Å²) >= 11 is 0. The van der Waals surface area contributed by atoms with Crippen LogP contribution in [0, 0.1) is 0 Å². The average molecular weight is 1160 g/mol. The van der Waals surface area contributed by atoms with Crippen molar-refractivity contribution in [3.63, 3.8) is 0 Å². The fourth-order valence-electron chi connectivity index (χ4n) is 16.2. The molecular weight excluding hydrogens is 1110 g/mol. The first-order valence-electron chi connectivity index (χ1n) is 31.0. The third-order valence-electron chi connectivity index (χ3n) is 19.9. The van der Waals surface area contributed by atoms with Gasteiger partial charge in [-0.3, -0.25) is 15.0 Å². The van der Waals surface area contributed by atoms with Gasteiger partial charge in [-0.1, -0.05) is 146 Å². The van der Waals surface area contributed by atoms with Gasteiger partial charge >= 0.3 is 0 Å². The summed E-state index contributed by atoms with van der Waals surface area (Å²) in [6, 6.07) is 97.4. The standard InChI is InChI=1S/C82H48N8O/c1-9-25-68-54(17-1)55-18-2-10-26-69(55)86(68)50-34-37-78-64(42-50)82(65-43-51(35-38-79(65)91-78)87-75-32-16-8-24-61(75)63-41-49(33-36-76(63)87)88-70-27-11-7-23-60(70)62-39-40-83-48-77(62)88)66-44-52(89-71-28-12-3-19-56(71)57-20-4-13-29-72(57)89)46-84-80(66)81-67(82)45-53(47-85-81)90-73-30-14-5-21-58(73)59-22-6-15-31-74(59)90/h1-48H. The maximum Gasteiger partial charge on any atom is 0.132 e. The molecule has 422 valence electrons. The Morgan fingerprint density at radius 3 is 0.934 bits per heavy atom. The Hall–Kier alpha value is -12.3.